The highest BCUT2D eigenvalue weighted by molar-refractivity contribution is 7.16. The number of amides is 1. The average molecular weight is 300 g/mol. The first-order valence-corrected chi connectivity index (χ1v) is 7.70. The van der Waals surface area contributed by atoms with Crippen LogP contribution in [0.5, 0.6) is 0 Å². The monoisotopic (exact) mass is 300 g/mol. The van der Waals surface area contributed by atoms with E-state index in [1.165, 1.54) is 16.2 Å². The predicted molar refractivity (Wildman–Crippen MR) is 81.7 cm³/mol. The van der Waals surface area contributed by atoms with Crippen molar-refractivity contribution in [3.8, 4) is 6.07 Å². The van der Waals surface area contributed by atoms with Crippen LogP contribution in [0.2, 0.25) is 0 Å². The molecule has 2 aromatic heterocycles. The standard InChI is InChI=1S/C15H16N4OS/c1-8-13(9(2)19(3)18-8)14(20)17-15-11(7-16)10-5-4-6-12(10)21-15/h4-6H2,1-3H3,(H,17,20). The number of hydrogen-bond donors (Lipinski definition) is 1. The lowest BCUT2D eigenvalue weighted by Crippen LogP contribution is -2.14. The summed E-state index contributed by atoms with van der Waals surface area (Å²) in [5.41, 5.74) is 3.88. The Hall–Kier alpha value is -2.13. The number of thiophene rings is 1. The topological polar surface area (TPSA) is 70.7 Å². The lowest BCUT2D eigenvalue weighted by atomic mass is 10.1. The third-order valence-corrected chi connectivity index (χ3v) is 5.20. The van der Waals surface area contributed by atoms with Crippen LogP contribution in [-0.4, -0.2) is 15.7 Å². The van der Waals surface area contributed by atoms with Crippen LogP contribution in [0.3, 0.4) is 0 Å². The van der Waals surface area contributed by atoms with Gasteiger partial charge >= 0.3 is 0 Å². The molecule has 0 spiro atoms. The zero-order chi connectivity index (χ0) is 15.1. The van der Waals surface area contributed by atoms with E-state index in [-0.39, 0.29) is 5.91 Å². The van der Waals surface area contributed by atoms with Gasteiger partial charge in [0.15, 0.2) is 0 Å². The van der Waals surface area contributed by atoms with Crippen molar-refractivity contribution in [2.24, 2.45) is 7.05 Å². The Bertz CT molecular complexity index is 779. The molecule has 108 valence electrons. The van der Waals surface area contributed by atoms with E-state index < -0.39 is 0 Å². The number of nitrogens with zero attached hydrogens (tertiary/aromatic N) is 3. The van der Waals surface area contributed by atoms with E-state index in [9.17, 15) is 10.1 Å². The van der Waals surface area contributed by atoms with Crippen LogP contribution in [0.15, 0.2) is 0 Å². The normalized spacial score (nSPS) is 13.0. The first-order valence-electron chi connectivity index (χ1n) is 6.89. The minimum absolute atomic E-state index is 0.186. The Morgan fingerprint density at radius 1 is 1.43 bits per heavy atom. The second-order valence-corrected chi connectivity index (χ2v) is 6.40. The first-order chi connectivity index (χ1) is 10.0. The molecule has 5 nitrogen and oxygen atoms in total. The predicted octanol–water partition coefficient (Wildman–Crippen LogP) is 2.71. The molecule has 2 heterocycles. The smallest absolute Gasteiger partial charge is 0.260 e. The molecule has 0 aromatic carbocycles. The molecule has 0 fully saturated rings. The van der Waals surface area contributed by atoms with Crippen LogP contribution in [0.4, 0.5) is 5.00 Å². The Morgan fingerprint density at radius 2 is 2.19 bits per heavy atom. The average Bonchev–Trinajstić information content (AvgIpc) is 3.04. The van der Waals surface area contributed by atoms with Crippen molar-refractivity contribution in [1.82, 2.24) is 9.78 Å². The molecule has 0 saturated carbocycles. The lowest BCUT2D eigenvalue weighted by Gasteiger charge is -2.04. The van der Waals surface area contributed by atoms with Crippen molar-refractivity contribution < 1.29 is 4.79 Å². The maximum absolute atomic E-state index is 12.5. The molecule has 1 aliphatic carbocycles. The molecule has 21 heavy (non-hydrogen) atoms. The summed E-state index contributed by atoms with van der Waals surface area (Å²) in [5.74, 6) is -0.186. The number of fused-ring (bicyclic) bond motifs is 1. The number of hydrogen-bond acceptors (Lipinski definition) is 4. The van der Waals surface area contributed by atoms with E-state index >= 15 is 0 Å². The SMILES string of the molecule is Cc1nn(C)c(C)c1C(=O)Nc1sc2c(c1C#N)CCC2. The van der Waals surface area contributed by atoms with E-state index in [1.54, 1.807) is 4.68 Å². The largest absolute Gasteiger partial charge is 0.312 e. The fourth-order valence-corrected chi connectivity index (χ4v) is 4.11. The number of anilines is 1. The van der Waals surface area contributed by atoms with Gasteiger partial charge in [-0.3, -0.25) is 9.48 Å². The molecular weight excluding hydrogens is 284 g/mol. The molecule has 2 aromatic rings. The summed E-state index contributed by atoms with van der Waals surface area (Å²) in [5, 5.41) is 17.2. The second kappa shape index (κ2) is 5.01. The van der Waals surface area contributed by atoms with Gasteiger partial charge < -0.3 is 5.32 Å². The number of carbonyl (C=O) groups excluding carboxylic acids is 1. The minimum Gasteiger partial charge on any atom is -0.312 e. The second-order valence-electron chi connectivity index (χ2n) is 5.30. The van der Waals surface area contributed by atoms with Gasteiger partial charge in [0, 0.05) is 17.6 Å². The Labute approximate surface area is 127 Å². The molecule has 1 aliphatic rings. The Kier molecular flexibility index (Phi) is 3.30. The van der Waals surface area contributed by atoms with Gasteiger partial charge in [0.25, 0.3) is 5.91 Å². The van der Waals surface area contributed by atoms with Gasteiger partial charge in [-0.2, -0.15) is 10.4 Å². The van der Waals surface area contributed by atoms with E-state index in [0.29, 0.717) is 21.8 Å². The first kappa shape index (κ1) is 13.8. The van der Waals surface area contributed by atoms with Crippen LogP contribution < -0.4 is 5.32 Å². The molecule has 0 aliphatic heterocycles. The van der Waals surface area contributed by atoms with Gasteiger partial charge in [0.1, 0.15) is 11.1 Å². The van der Waals surface area contributed by atoms with Crippen molar-refractivity contribution >= 4 is 22.2 Å². The van der Waals surface area contributed by atoms with Crippen LogP contribution in [0, 0.1) is 25.2 Å². The third kappa shape index (κ3) is 2.14. The summed E-state index contributed by atoms with van der Waals surface area (Å²) in [7, 11) is 1.82. The molecule has 0 unspecified atom stereocenters. The Morgan fingerprint density at radius 3 is 2.81 bits per heavy atom. The third-order valence-electron chi connectivity index (χ3n) is 4.00. The summed E-state index contributed by atoms with van der Waals surface area (Å²) >= 11 is 1.53. The van der Waals surface area contributed by atoms with Gasteiger partial charge in [-0.15, -0.1) is 11.3 Å². The van der Waals surface area contributed by atoms with Gasteiger partial charge in [-0.25, -0.2) is 0 Å². The summed E-state index contributed by atoms with van der Waals surface area (Å²) in [6.07, 6.45) is 3.05. The van der Waals surface area contributed by atoms with Gasteiger partial charge in [0.2, 0.25) is 0 Å². The highest BCUT2D eigenvalue weighted by Gasteiger charge is 2.25. The number of nitriles is 1. The summed E-state index contributed by atoms with van der Waals surface area (Å²) < 4.78 is 1.70. The number of aromatic nitrogens is 2. The Balaban J connectivity index is 1.94. The zero-order valence-electron chi connectivity index (χ0n) is 12.3. The van der Waals surface area contributed by atoms with E-state index in [1.807, 2.05) is 20.9 Å². The maximum atomic E-state index is 12.5. The number of rotatable bonds is 2. The lowest BCUT2D eigenvalue weighted by molar-refractivity contribution is 0.102. The summed E-state index contributed by atoms with van der Waals surface area (Å²) in [4.78, 5) is 13.7. The fourth-order valence-electron chi connectivity index (χ4n) is 2.88. The van der Waals surface area contributed by atoms with Gasteiger partial charge in [0.05, 0.1) is 16.8 Å². The van der Waals surface area contributed by atoms with E-state index in [2.05, 4.69) is 16.5 Å². The van der Waals surface area contributed by atoms with Gasteiger partial charge in [-0.05, 0) is 38.7 Å². The van der Waals surface area contributed by atoms with Crippen LogP contribution in [0.1, 0.15) is 44.2 Å². The quantitative estimate of drug-likeness (QED) is 0.927. The molecule has 0 radical (unpaired) electrons. The molecule has 0 bridgehead atoms. The van der Waals surface area contributed by atoms with E-state index in [0.717, 1.165) is 30.5 Å². The van der Waals surface area contributed by atoms with Crippen molar-refractivity contribution in [2.75, 3.05) is 5.32 Å². The molecule has 1 N–H and O–H groups in total. The van der Waals surface area contributed by atoms with Crippen LogP contribution >= 0.6 is 11.3 Å². The minimum atomic E-state index is -0.186. The molecule has 3 rings (SSSR count). The molecule has 1 amide bonds. The highest BCUT2D eigenvalue weighted by Crippen LogP contribution is 2.38. The van der Waals surface area contributed by atoms with Crippen LogP contribution in [-0.2, 0) is 19.9 Å². The summed E-state index contributed by atoms with van der Waals surface area (Å²) in [6, 6.07) is 2.24. The number of nitrogens with one attached hydrogen (secondary N) is 1. The van der Waals surface area contributed by atoms with Crippen molar-refractivity contribution in [3.63, 3.8) is 0 Å². The zero-order valence-corrected chi connectivity index (χ0v) is 13.1. The van der Waals surface area contributed by atoms with E-state index in [4.69, 9.17) is 0 Å². The van der Waals surface area contributed by atoms with Crippen molar-refractivity contribution in [2.45, 2.75) is 33.1 Å². The number of aryl methyl sites for hydroxylation is 3. The highest BCUT2D eigenvalue weighted by atomic mass is 32.1. The van der Waals surface area contributed by atoms with Crippen molar-refractivity contribution in [3.05, 3.63) is 33.0 Å². The van der Waals surface area contributed by atoms with Crippen molar-refractivity contribution in [1.29, 1.82) is 5.26 Å². The van der Waals surface area contributed by atoms with Crippen LogP contribution in [0.25, 0.3) is 0 Å². The molecular formula is C15H16N4OS. The van der Waals surface area contributed by atoms with Gasteiger partial charge in [-0.1, -0.05) is 0 Å². The molecule has 6 heteroatoms. The maximum Gasteiger partial charge on any atom is 0.260 e. The molecule has 0 saturated heterocycles. The summed E-state index contributed by atoms with van der Waals surface area (Å²) in [6.45, 7) is 3.69. The molecule has 0 atom stereocenters. The number of carbonyl (C=O) groups is 1. The fraction of sp³-hybridized carbons (Fsp3) is 0.400.